The number of aryl methyl sites for hydroxylation is 2. The van der Waals surface area contributed by atoms with E-state index in [2.05, 4.69) is 0 Å². The number of carbonyl (C=O) groups is 2. The molecule has 2 heterocycles. The molecule has 3 aromatic rings. The lowest BCUT2D eigenvalue weighted by Gasteiger charge is -2.09. The number of rotatable bonds is 9. The molecule has 0 bridgehead atoms. The van der Waals surface area contributed by atoms with E-state index in [4.69, 9.17) is 13.9 Å². The number of benzene rings is 1. The third-order valence-corrected chi connectivity index (χ3v) is 4.92. The number of ether oxygens (including phenoxy) is 2. The average molecular weight is 395 g/mol. The molecule has 0 amide bonds. The Morgan fingerprint density at radius 1 is 1.10 bits per heavy atom. The van der Waals surface area contributed by atoms with Gasteiger partial charge in [-0.05, 0) is 50.1 Å². The second-order valence-electron chi connectivity index (χ2n) is 6.85. The van der Waals surface area contributed by atoms with Crippen molar-refractivity contribution in [1.29, 1.82) is 0 Å². The van der Waals surface area contributed by atoms with Gasteiger partial charge in [0, 0.05) is 23.4 Å². The minimum Gasteiger partial charge on any atom is -0.496 e. The van der Waals surface area contributed by atoms with Crippen LogP contribution in [0.25, 0.3) is 0 Å². The fraction of sp³-hybridized carbons (Fsp3) is 0.304. The molecule has 0 unspecified atom stereocenters. The zero-order valence-electron chi connectivity index (χ0n) is 16.9. The van der Waals surface area contributed by atoms with Crippen molar-refractivity contribution in [2.24, 2.45) is 0 Å². The Bertz CT molecular complexity index is 985. The van der Waals surface area contributed by atoms with Gasteiger partial charge in [-0.3, -0.25) is 9.59 Å². The van der Waals surface area contributed by atoms with Crippen molar-refractivity contribution in [3.8, 4) is 5.75 Å². The topological polar surface area (TPSA) is 70.7 Å². The third-order valence-electron chi connectivity index (χ3n) is 4.92. The molecule has 0 fully saturated rings. The predicted molar refractivity (Wildman–Crippen MR) is 108 cm³/mol. The SMILES string of the molecule is COc1ccccc1CCC(=O)OCC(=O)c1cc(C)n(Cc2ccco2)c1C. The molecule has 0 aliphatic rings. The summed E-state index contributed by atoms with van der Waals surface area (Å²) in [5.41, 5.74) is 3.27. The van der Waals surface area contributed by atoms with Crippen molar-refractivity contribution >= 4 is 11.8 Å². The fourth-order valence-corrected chi connectivity index (χ4v) is 3.33. The van der Waals surface area contributed by atoms with Crippen LogP contribution in [0.4, 0.5) is 0 Å². The molecule has 0 radical (unpaired) electrons. The first kappa shape index (κ1) is 20.5. The van der Waals surface area contributed by atoms with E-state index < -0.39 is 5.97 Å². The summed E-state index contributed by atoms with van der Waals surface area (Å²) in [5, 5.41) is 0. The van der Waals surface area contributed by atoms with Crippen molar-refractivity contribution < 1.29 is 23.5 Å². The van der Waals surface area contributed by atoms with Crippen molar-refractivity contribution in [2.45, 2.75) is 33.2 Å². The van der Waals surface area contributed by atoms with Gasteiger partial charge in [0.1, 0.15) is 11.5 Å². The van der Waals surface area contributed by atoms with E-state index in [1.165, 1.54) is 0 Å². The number of para-hydroxylation sites is 1. The van der Waals surface area contributed by atoms with E-state index in [0.29, 0.717) is 18.5 Å². The van der Waals surface area contributed by atoms with Gasteiger partial charge in [-0.25, -0.2) is 0 Å². The van der Waals surface area contributed by atoms with Crippen LogP contribution >= 0.6 is 0 Å². The standard InChI is InChI=1S/C23H25NO5/c1-16-13-20(17(2)24(16)14-19-8-6-12-28-19)21(25)15-29-23(26)11-10-18-7-4-5-9-22(18)27-3/h4-9,12-13H,10-11,14-15H2,1-3H3. The lowest BCUT2D eigenvalue weighted by molar-refractivity contribution is -0.142. The highest BCUT2D eigenvalue weighted by Gasteiger charge is 2.18. The molecule has 1 aromatic carbocycles. The lowest BCUT2D eigenvalue weighted by Crippen LogP contribution is -2.15. The Morgan fingerprint density at radius 3 is 2.62 bits per heavy atom. The predicted octanol–water partition coefficient (Wildman–Crippen LogP) is 4.11. The molecule has 0 aliphatic carbocycles. The summed E-state index contributed by atoms with van der Waals surface area (Å²) in [5.74, 6) is 0.928. The smallest absolute Gasteiger partial charge is 0.306 e. The first-order chi connectivity index (χ1) is 14.0. The molecule has 0 spiro atoms. The minimum atomic E-state index is -0.409. The van der Waals surface area contributed by atoms with E-state index in [0.717, 1.165) is 28.5 Å². The Balaban J connectivity index is 1.56. The summed E-state index contributed by atoms with van der Waals surface area (Å²) in [6, 6.07) is 13.1. The normalized spacial score (nSPS) is 10.7. The summed E-state index contributed by atoms with van der Waals surface area (Å²) in [4.78, 5) is 24.7. The highest BCUT2D eigenvalue weighted by molar-refractivity contribution is 5.99. The second kappa shape index (κ2) is 9.28. The van der Waals surface area contributed by atoms with Gasteiger partial charge in [-0.2, -0.15) is 0 Å². The van der Waals surface area contributed by atoms with Crippen LogP contribution in [0.5, 0.6) is 5.75 Å². The van der Waals surface area contributed by atoms with Gasteiger partial charge in [0.25, 0.3) is 0 Å². The highest BCUT2D eigenvalue weighted by Crippen LogP contribution is 2.20. The number of methoxy groups -OCH3 is 1. The molecule has 2 aromatic heterocycles. The monoisotopic (exact) mass is 395 g/mol. The van der Waals surface area contributed by atoms with Crippen LogP contribution in [0.1, 0.15) is 39.5 Å². The summed E-state index contributed by atoms with van der Waals surface area (Å²) in [6.07, 6.45) is 2.31. The fourth-order valence-electron chi connectivity index (χ4n) is 3.33. The number of nitrogens with zero attached hydrogens (tertiary/aromatic N) is 1. The molecular formula is C23H25NO5. The first-order valence-corrected chi connectivity index (χ1v) is 9.49. The quantitative estimate of drug-likeness (QED) is 0.403. The summed E-state index contributed by atoms with van der Waals surface area (Å²) in [6.45, 7) is 4.10. The summed E-state index contributed by atoms with van der Waals surface area (Å²) < 4.78 is 17.9. The number of aromatic nitrogens is 1. The van der Waals surface area contributed by atoms with Crippen LogP contribution in [0.15, 0.2) is 53.1 Å². The van der Waals surface area contributed by atoms with Crippen LogP contribution in [0.3, 0.4) is 0 Å². The summed E-state index contributed by atoms with van der Waals surface area (Å²) in [7, 11) is 1.60. The first-order valence-electron chi connectivity index (χ1n) is 9.49. The number of esters is 1. The van der Waals surface area contributed by atoms with E-state index in [1.807, 2.05) is 60.9 Å². The van der Waals surface area contributed by atoms with Gasteiger partial charge in [0.2, 0.25) is 5.78 Å². The molecular weight excluding hydrogens is 370 g/mol. The van der Waals surface area contributed by atoms with Gasteiger partial charge in [-0.1, -0.05) is 18.2 Å². The highest BCUT2D eigenvalue weighted by atomic mass is 16.5. The molecule has 0 N–H and O–H groups in total. The van der Waals surface area contributed by atoms with Gasteiger partial charge in [-0.15, -0.1) is 0 Å². The zero-order valence-corrected chi connectivity index (χ0v) is 16.9. The van der Waals surface area contributed by atoms with E-state index in [9.17, 15) is 9.59 Å². The molecule has 0 atom stereocenters. The average Bonchev–Trinajstić information content (AvgIpc) is 3.34. The molecule has 6 heteroatoms. The Morgan fingerprint density at radius 2 is 1.90 bits per heavy atom. The number of hydrogen-bond acceptors (Lipinski definition) is 5. The van der Waals surface area contributed by atoms with Crippen LogP contribution in [-0.4, -0.2) is 30.0 Å². The summed E-state index contributed by atoms with van der Waals surface area (Å²) >= 11 is 0. The number of Topliss-reactive ketones (excluding diaryl/α,β-unsaturated/α-hetero) is 1. The van der Waals surface area contributed by atoms with Crippen LogP contribution in [0.2, 0.25) is 0 Å². The zero-order chi connectivity index (χ0) is 20.8. The second-order valence-corrected chi connectivity index (χ2v) is 6.85. The maximum Gasteiger partial charge on any atom is 0.306 e. The maximum atomic E-state index is 12.6. The van der Waals surface area contributed by atoms with Crippen molar-refractivity contribution in [1.82, 2.24) is 4.57 Å². The maximum absolute atomic E-state index is 12.6. The molecule has 0 saturated carbocycles. The van der Waals surface area contributed by atoms with Crippen LogP contribution < -0.4 is 4.74 Å². The van der Waals surface area contributed by atoms with Gasteiger partial charge < -0.3 is 18.5 Å². The number of hydrogen-bond donors (Lipinski definition) is 0. The molecule has 152 valence electrons. The third kappa shape index (κ3) is 4.96. The van der Waals surface area contributed by atoms with Crippen molar-refractivity contribution in [3.05, 3.63) is 77.0 Å². The van der Waals surface area contributed by atoms with E-state index in [-0.39, 0.29) is 18.8 Å². The molecule has 3 rings (SSSR count). The lowest BCUT2D eigenvalue weighted by atomic mass is 10.1. The van der Waals surface area contributed by atoms with E-state index >= 15 is 0 Å². The largest absolute Gasteiger partial charge is 0.496 e. The Hall–Kier alpha value is -3.28. The van der Waals surface area contributed by atoms with Gasteiger partial charge in [0.15, 0.2) is 6.61 Å². The van der Waals surface area contributed by atoms with Gasteiger partial charge >= 0.3 is 5.97 Å². The van der Waals surface area contributed by atoms with Crippen molar-refractivity contribution in [2.75, 3.05) is 13.7 Å². The minimum absolute atomic E-state index is 0.186. The number of carbonyl (C=O) groups excluding carboxylic acids is 2. The van der Waals surface area contributed by atoms with Gasteiger partial charge in [0.05, 0.1) is 19.9 Å². The van der Waals surface area contributed by atoms with Crippen molar-refractivity contribution in [3.63, 3.8) is 0 Å². The molecule has 0 aliphatic heterocycles. The molecule has 6 nitrogen and oxygen atoms in total. The Kier molecular flexibility index (Phi) is 6.54. The number of furan rings is 1. The van der Waals surface area contributed by atoms with Crippen LogP contribution in [0, 0.1) is 13.8 Å². The van der Waals surface area contributed by atoms with Crippen LogP contribution in [-0.2, 0) is 22.5 Å². The van der Waals surface area contributed by atoms with E-state index in [1.54, 1.807) is 13.4 Å². The molecule has 29 heavy (non-hydrogen) atoms. The molecule has 0 saturated heterocycles. The number of ketones is 1. The Labute approximate surface area is 170 Å².